The highest BCUT2D eigenvalue weighted by Crippen LogP contribution is 2.45. The minimum absolute atomic E-state index is 0.193. The second-order valence-electron chi connectivity index (χ2n) is 4.44. The van der Waals surface area contributed by atoms with Gasteiger partial charge >= 0.3 is 0 Å². The van der Waals surface area contributed by atoms with Crippen molar-refractivity contribution in [1.29, 1.82) is 0 Å². The maximum atomic E-state index is 10.7. The Morgan fingerprint density at radius 3 is 2.23 bits per heavy atom. The predicted molar refractivity (Wildman–Crippen MR) is 79.1 cm³/mol. The lowest BCUT2D eigenvalue weighted by Crippen LogP contribution is -2.27. The SMILES string of the molecule is O=C=Nc1cccc(C2(c3ccccc3)N=C=N2)c1N=C=O. The molecule has 22 heavy (non-hydrogen) atoms. The summed E-state index contributed by atoms with van der Waals surface area (Å²) in [6.45, 7) is 0. The molecule has 0 saturated carbocycles. The van der Waals surface area contributed by atoms with Crippen LogP contribution in [-0.4, -0.2) is 18.2 Å². The number of rotatable bonds is 4. The van der Waals surface area contributed by atoms with E-state index in [0.29, 0.717) is 5.56 Å². The van der Waals surface area contributed by atoms with E-state index in [9.17, 15) is 9.59 Å². The third-order valence-electron chi connectivity index (χ3n) is 3.31. The van der Waals surface area contributed by atoms with Crippen molar-refractivity contribution in [1.82, 2.24) is 0 Å². The first-order valence-corrected chi connectivity index (χ1v) is 6.35. The Bertz CT molecular complexity index is 878. The van der Waals surface area contributed by atoms with Crippen LogP contribution in [0.5, 0.6) is 0 Å². The quantitative estimate of drug-likeness (QED) is 0.640. The van der Waals surface area contributed by atoms with Crippen LogP contribution in [0.1, 0.15) is 11.1 Å². The average molecular weight is 288 g/mol. The van der Waals surface area contributed by atoms with Crippen molar-refractivity contribution >= 4 is 29.5 Å². The van der Waals surface area contributed by atoms with E-state index in [2.05, 4.69) is 26.0 Å². The number of carbonyl (C=O) groups excluding carboxylic acids is 2. The molecule has 0 aliphatic carbocycles. The predicted octanol–water partition coefficient (Wildman–Crippen LogP) is 3.01. The zero-order valence-corrected chi connectivity index (χ0v) is 11.2. The van der Waals surface area contributed by atoms with Crippen molar-refractivity contribution in [2.24, 2.45) is 20.0 Å². The van der Waals surface area contributed by atoms with Crippen molar-refractivity contribution in [3.8, 4) is 0 Å². The monoisotopic (exact) mass is 288 g/mol. The smallest absolute Gasteiger partial charge is 0.211 e. The number of hydrogen-bond donors (Lipinski definition) is 0. The fraction of sp³-hybridized carbons (Fsp3) is 0.0625. The molecule has 6 nitrogen and oxygen atoms in total. The highest BCUT2D eigenvalue weighted by molar-refractivity contribution is 5.75. The molecule has 1 heterocycles. The minimum Gasteiger partial charge on any atom is -0.211 e. The maximum Gasteiger partial charge on any atom is 0.240 e. The second kappa shape index (κ2) is 5.52. The summed E-state index contributed by atoms with van der Waals surface area (Å²) in [6.07, 6.45) is 2.92. The molecule has 6 heteroatoms. The molecule has 2 aromatic rings. The van der Waals surface area contributed by atoms with Gasteiger partial charge in [0.05, 0.1) is 6.01 Å². The Hall–Kier alpha value is -3.42. The van der Waals surface area contributed by atoms with Gasteiger partial charge in [0.15, 0.2) is 0 Å². The Morgan fingerprint density at radius 2 is 1.64 bits per heavy atom. The number of benzene rings is 2. The summed E-state index contributed by atoms with van der Waals surface area (Å²) in [5.74, 6) is 0. The first-order valence-electron chi connectivity index (χ1n) is 6.35. The minimum atomic E-state index is -1.04. The number of nitrogens with zero attached hydrogens (tertiary/aromatic N) is 4. The molecule has 104 valence electrons. The van der Waals surface area contributed by atoms with Gasteiger partial charge in [0.1, 0.15) is 11.4 Å². The summed E-state index contributed by atoms with van der Waals surface area (Å²) in [5.41, 5.74) is 0.688. The third-order valence-corrected chi connectivity index (χ3v) is 3.31. The van der Waals surface area contributed by atoms with Gasteiger partial charge in [-0.3, -0.25) is 0 Å². The van der Waals surface area contributed by atoms with Crippen LogP contribution in [0.15, 0.2) is 68.5 Å². The molecule has 0 atom stereocenters. The molecule has 3 rings (SSSR count). The van der Waals surface area contributed by atoms with Crippen molar-refractivity contribution in [2.75, 3.05) is 0 Å². The molecule has 0 amide bonds. The summed E-state index contributed by atoms with van der Waals surface area (Å²) >= 11 is 0. The molecule has 0 radical (unpaired) electrons. The Morgan fingerprint density at radius 1 is 0.909 bits per heavy atom. The molecular formula is C16H8N4O2. The summed E-state index contributed by atoms with van der Waals surface area (Å²) in [4.78, 5) is 37.0. The van der Waals surface area contributed by atoms with Gasteiger partial charge in [-0.1, -0.05) is 42.5 Å². The number of hydrogen-bond acceptors (Lipinski definition) is 6. The molecule has 1 aliphatic heterocycles. The summed E-state index contributed by atoms with van der Waals surface area (Å²) in [7, 11) is 0. The van der Waals surface area contributed by atoms with Gasteiger partial charge < -0.3 is 0 Å². The van der Waals surface area contributed by atoms with Crippen molar-refractivity contribution < 1.29 is 9.59 Å². The van der Waals surface area contributed by atoms with Gasteiger partial charge in [0, 0.05) is 11.1 Å². The van der Waals surface area contributed by atoms with Crippen LogP contribution in [0.3, 0.4) is 0 Å². The molecule has 0 saturated heterocycles. The van der Waals surface area contributed by atoms with Crippen LogP contribution in [0.4, 0.5) is 11.4 Å². The standard InChI is InChI=1S/C16H8N4O2/c21-10-17-14-8-4-7-13(15(14)18-11-22)16(19-9-20-16)12-5-2-1-3-6-12/h1-8H. The van der Waals surface area contributed by atoms with Gasteiger partial charge in [-0.05, 0) is 6.07 Å². The highest BCUT2D eigenvalue weighted by atomic mass is 16.1. The lowest BCUT2D eigenvalue weighted by atomic mass is 9.89. The Labute approximate surface area is 125 Å². The molecule has 0 N–H and O–H groups in total. The number of isocyanates is 2. The zero-order chi connectivity index (χ0) is 15.4. The van der Waals surface area contributed by atoms with E-state index in [-0.39, 0.29) is 11.4 Å². The summed E-state index contributed by atoms with van der Waals surface area (Å²) < 4.78 is 0. The first kappa shape index (κ1) is 13.6. The lowest BCUT2D eigenvalue weighted by molar-refractivity contribution is 0.548. The van der Waals surface area contributed by atoms with Crippen molar-refractivity contribution in [2.45, 2.75) is 5.66 Å². The summed E-state index contributed by atoms with van der Waals surface area (Å²) in [5, 5.41) is 0. The van der Waals surface area contributed by atoms with Crippen LogP contribution in [0.2, 0.25) is 0 Å². The lowest BCUT2D eigenvalue weighted by Gasteiger charge is -2.28. The average Bonchev–Trinajstić information content (AvgIpc) is 2.50. The van der Waals surface area contributed by atoms with Crippen LogP contribution >= 0.6 is 0 Å². The first-order chi connectivity index (χ1) is 10.8. The van der Waals surface area contributed by atoms with Gasteiger partial charge in [-0.2, -0.15) is 20.0 Å². The second-order valence-corrected chi connectivity index (χ2v) is 4.44. The fourth-order valence-corrected chi connectivity index (χ4v) is 2.34. The highest BCUT2D eigenvalue weighted by Gasteiger charge is 2.39. The van der Waals surface area contributed by atoms with E-state index in [0.717, 1.165) is 5.56 Å². The van der Waals surface area contributed by atoms with Crippen LogP contribution < -0.4 is 0 Å². The van der Waals surface area contributed by atoms with Crippen LogP contribution in [-0.2, 0) is 15.3 Å². The van der Waals surface area contributed by atoms with Gasteiger partial charge in [0.2, 0.25) is 17.8 Å². The van der Waals surface area contributed by atoms with E-state index in [1.165, 1.54) is 12.2 Å². The summed E-state index contributed by atoms with van der Waals surface area (Å²) in [6, 6.07) is 16.8. The van der Waals surface area contributed by atoms with E-state index in [4.69, 9.17) is 0 Å². The van der Waals surface area contributed by atoms with E-state index < -0.39 is 5.66 Å². The third kappa shape index (κ3) is 2.03. The van der Waals surface area contributed by atoms with Gasteiger partial charge in [-0.15, -0.1) is 0 Å². The molecular weight excluding hydrogens is 280 g/mol. The zero-order valence-electron chi connectivity index (χ0n) is 11.2. The molecule has 0 bridgehead atoms. The molecule has 0 fully saturated rings. The fourth-order valence-electron chi connectivity index (χ4n) is 2.34. The molecule has 0 aromatic heterocycles. The van der Waals surface area contributed by atoms with E-state index in [1.807, 2.05) is 30.3 Å². The molecule has 0 spiro atoms. The van der Waals surface area contributed by atoms with Crippen LogP contribution in [0.25, 0.3) is 0 Å². The Balaban J connectivity index is 2.27. The Kier molecular flexibility index (Phi) is 3.40. The maximum absolute atomic E-state index is 10.7. The molecule has 0 unspecified atom stereocenters. The number of para-hydroxylation sites is 1. The van der Waals surface area contributed by atoms with Crippen molar-refractivity contribution in [3.05, 3.63) is 59.7 Å². The van der Waals surface area contributed by atoms with Crippen molar-refractivity contribution in [3.63, 3.8) is 0 Å². The topological polar surface area (TPSA) is 83.6 Å². The van der Waals surface area contributed by atoms with Crippen LogP contribution in [0, 0.1) is 0 Å². The van der Waals surface area contributed by atoms with E-state index in [1.54, 1.807) is 18.2 Å². The molecule has 1 aliphatic rings. The molecule has 2 aromatic carbocycles. The van der Waals surface area contributed by atoms with Gasteiger partial charge in [-0.25, -0.2) is 9.59 Å². The normalized spacial score (nSPS) is 13.6. The largest absolute Gasteiger partial charge is 0.240 e. The number of aliphatic imine (C=N–C) groups is 4. The van der Waals surface area contributed by atoms with Gasteiger partial charge in [0.25, 0.3) is 0 Å². The van der Waals surface area contributed by atoms with E-state index >= 15 is 0 Å².